The van der Waals surface area contributed by atoms with Gasteiger partial charge in [0.05, 0.1) is 138 Å². The SMILES string of the molecule is CCCCNc1ccc(C(=O)OCCOCCOCCOCCOCCOCCOCCOCCOCCOCCOCCN(C)C)cc1. The van der Waals surface area contributed by atoms with Crippen molar-refractivity contribution in [3.63, 3.8) is 0 Å². The van der Waals surface area contributed by atoms with Gasteiger partial charge in [0.15, 0.2) is 0 Å². The lowest BCUT2D eigenvalue weighted by Gasteiger charge is -2.10. The predicted octanol–water partition coefficient (Wildman–Crippen LogP) is 2.78. The van der Waals surface area contributed by atoms with Crippen LogP contribution in [0, 0.1) is 0 Å². The van der Waals surface area contributed by atoms with Crippen LogP contribution in [0.3, 0.4) is 0 Å². The highest BCUT2D eigenvalue weighted by atomic mass is 16.6. The van der Waals surface area contributed by atoms with Crippen molar-refractivity contribution in [2.24, 2.45) is 0 Å². The topological polar surface area (TPSA) is 134 Å². The zero-order chi connectivity index (χ0) is 35.3. The number of ether oxygens (including phenoxy) is 11. The van der Waals surface area contributed by atoms with Gasteiger partial charge in [0.25, 0.3) is 0 Å². The average molecular weight is 705 g/mol. The first-order valence-electron chi connectivity index (χ1n) is 17.6. The number of hydrogen-bond donors (Lipinski definition) is 1. The average Bonchev–Trinajstić information content (AvgIpc) is 3.10. The highest BCUT2D eigenvalue weighted by Crippen LogP contribution is 2.10. The second kappa shape index (κ2) is 35.9. The minimum Gasteiger partial charge on any atom is -0.460 e. The third kappa shape index (κ3) is 31.8. The number of esters is 1. The molecule has 0 bridgehead atoms. The van der Waals surface area contributed by atoms with Crippen LogP contribution >= 0.6 is 0 Å². The number of benzene rings is 1. The Bertz CT molecular complexity index is 835. The van der Waals surface area contributed by atoms with Gasteiger partial charge in [0.2, 0.25) is 0 Å². The first kappa shape index (κ1) is 45.1. The van der Waals surface area contributed by atoms with Gasteiger partial charge in [-0.25, -0.2) is 4.79 Å². The number of likely N-dealkylation sites (N-methyl/N-ethyl adjacent to an activating group) is 1. The van der Waals surface area contributed by atoms with Crippen molar-refractivity contribution in [2.75, 3.05) is 171 Å². The minimum atomic E-state index is -0.360. The summed E-state index contributed by atoms with van der Waals surface area (Å²) >= 11 is 0. The molecule has 0 saturated heterocycles. The summed E-state index contributed by atoms with van der Waals surface area (Å²) < 4.78 is 60.0. The largest absolute Gasteiger partial charge is 0.460 e. The van der Waals surface area contributed by atoms with Crippen molar-refractivity contribution in [1.82, 2.24) is 4.90 Å². The van der Waals surface area contributed by atoms with E-state index in [0.29, 0.717) is 138 Å². The fraction of sp³-hybridized carbons (Fsp3) is 0.800. The van der Waals surface area contributed by atoms with E-state index in [0.717, 1.165) is 31.6 Å². The van der Waals surface area contributed by atoms with Gasteiger partial charge in [0, 0.05) is 18.8 Å². The number of carbonyl (C=O) groups is 1. The van der Waals surface area contributed by atoms with E-state index >= 15 is 0 Å². The highest BCUT2D eigenvalue weighted by molar-refractivity contribution is 5.89. The summed E-state index contributed by atoms with van der Waals surface area (Å²) in [5.41, 5.74) is 1.52. The molecule has 0 amide bonds. The van der Waals surface area contributed by atoms with Crippen molar-refractivity contribution in [2.45, 2.75) is 19.8 Å². The fourth-order valence-corrected chi connectivity index (χ4v) is 3.74. The van der Waals surface area contributed by atoms with Crippen LogP contribution in [0.1, 0.15) is 30.1 Å². The number of anilines is 1. The predicted molar refractivity (Wildman–Crippen MR) is 187 cm³/mol. The maximum Gasteiger partial charge on any atom is 0.338 e. The summed E-state index contributed by atoms with van der Waals surface area (Å²) in [6.45, 7) is 14.3. The second-order valence-corrected chi connectivity index (χ2v) is 10.9. The van der Waals surface area contributed by atoms with E-state index in [2.05, 4.69) is 17.1 Å². The summed E-state index contributed by atoms with van der Waals surface area (Å²) in [5.74, 6) is -0.360. The first-order valence-corrected chi connectivity index (χ1v) is 17.6. The molecule has 0 aromatic heterocycles. The summed E-state index contributed by atoms with van der Waals surface area (Å²) in [6, 6.07) is 7.29. The van der Waals surface area contributed by atoms with E-state index in [1.165, 1.54) is 0 Å². The lowest BCUT2D eigenvalue weighted by atomic mass is 10.2. The highest BCUT2D eigenvalue weighted by Gasteiger charge is 2.07. The molecule has 14 heteroatoms. The van der Waals surface area contributed by atoms with E-state index in [-0.39, 0.29) is 12.6 Å². The van der Waals surface area contributed by atoms with E-state index in [4.69, 9.17) is 52.1 Å². The van der Waals surface area contributed by atoms with Gasteiger partial charge in [-0.3, -0.25) is 0 Å². The third-order valence-corrected chi connectivity index (χ3v) is 6.47. The molecule has 1 N–H and O–H groups in total. The van der Waals surface area contributed by atoms with Gasteiger partial charge >= 0.3 is 5.97 Å². The Balaban J connectivity index is 1.70. The van der Waals surface area contributed by atoms with Crippen molar-refractivity contribution in [3.8, 4) is 0 Å². The molecule has 1 aromatic carbocycles. The molecule has 0 unspecified atom stereocenters. The zero-order valence-corrected chi connectivity index (χ0v) is 30.3. The molecule has 14 nitrogen and oxygen atoms in total. The van der Waals surface area contributed by atoms with Gasteiger partial charge in [-0.2, -0.15) is 0 Å². The summed E-state index contributed by atoms with van der Waals surface area (Å²) in [6.07, 6.45) is 2.24. The minimum absolute atomic E-state index is 0.191. The maximum atomic E-state index is 12.1. The molecule has 0 saturated carbocycles. The number of nitrogens with one attached hydrogen (secondary N) is 1. The Morgan fingerprint density at radius 3 is 1.16 bits per heavy atom. The molecule has 0 atom stereocenters. The summed E-state index contributed by atoms with van der Waals surface area (Å²) in [4.78, 5) is 14.2. The van der Waals surface area contributed by atoms with Crippen LogP contribution in [-0.4, -0.2) is 177 Å². The number of carbonyl (C=O) groups excluding carboxylic acids is 1. The monoisotopic (exact) mass is 704 g/mol. The Morgan fingerprint density at radius 1 is 0.510 bits per heavy atom. The molecule has 0 radical (unpaired) electrons. The van der Waals surface area contributed by atoms with Gasteiger partial charge < -0.3 is 62.3 Å². The van der Waals surface area contributed by atoms with E-state index < -0.39 is 0 Å². The Kier molecular flexibility index (Phi) is 33.0. The second-order valence-electron chi connectivity index (χ2n) is 10.9. The molecular weight excluding hydrogens is 640 g/mol. The van der Waals surface area contributed by atoms with Gasteiger partial charge in [-0.1, -0.05) is 13.3 Å². The Labute approximate surface area is 294 Å². The molecule has 1 aromatic rings. The van der Waals surface area contributed by atoms with Crippen molar-refractivity contribution in [1.29, 1.82) is 0 Å². The molecule has 286 valence electrons. The number of unbranched alkanes of at least 4 members (excludes halogenated alkanes) is 1. The number of nitrogens with zero attached hydrogens (tertiary/aromatic N) is 1. The number of rotatable bonds is 38. The van der Waals surface area contributed by atoms with Crippen LogP contribution in [0.2, 0.25) is 0 Å². The molecule has 0 heterocycles. The normalized spacial score (nSPS) is 11.4. The number of hydrogen-bond acceptors (Lipinski definition) is 14. The van der Waals surface area contributed by atoms with Crippen LogP contribution < -0.4 is 5.32 Å². The maximum absolute atomic E-state index is 12.1. The van der Waals surface area contributed by atoms with Gasteiger partial charge in [0.1, 0.15) is 6.61 Å². The standard InChI is InChI=1S/C35H64N2O12/c1-4-5-10-36-34-8-6-33(7-9-34)35(38)49-32-31-48-30-29-47-28-27-46-26-25-45-24-23-44-22-21-43-20-19-42-18-17-41-16-15-40-14-13-39-12-11-37(2)3/h6-9,36H,4-5,10-32H2,1-3H3. The van der Waals surface area contributed by atoms with Crippen LogP contribution in [-0.2, 0) is 52.1 Å². The molecule has 1 rings (SSSR count). The van der Waals surface area contributed by atoms with Crippen LogP contribution in [0.5, 0.6) is 0 Å². The summed E-state index contributed by atoms with van der Waals surface area (Å²) in [5, 5.41) is 3.32. The van der Waals surface area contributed by atoms with Crippen molar-refractivity contribution >= 4 is 11.7 Å². The van der Waals surface area contributed by atoms with Gasteiger partial charge in [-0.05, 0) is 44.8 Å². The van der Waals surface area contributed by atoms with Crippen LogP contribution in [0.4, 0.5) is 5.69 Å². The van der Waals surface area contributed by atoms with E-state index in [9.17, 15) is 4.79 Å². The zero-order valence-electron chi connectivity index (χ0n) is 30.3. The lowest BCUT2D eigenvalue weighted by molar-refractivity contribution is -0.0272. The molecule has 0 aliphatic rings. The molecule has 0 fully saturated rings. The van der Waals surface area contributed by atoms with Crippen LogP contribution in [0.15, 0.2) is 24.3 Å². The third-order valence-electron chi connectivity index (χ3n) is 6.47. The molecular formula is C35H64N2O12. The fourth-order valence-electron chi connectivity index (χ4n) is 3.74. The molecule has 0 spiro atoms. The Morgan fingerprint density at radius 2 is 0.837 bits per heavy atom. The molecule has 0 aliphatic heterocycles. The van der Waals surface area contributed by atoms with Crippen molar-refractivity contribution in [3.05, 3.63) is 29.8 Å². The quantitative estimate of drug-likeness (QED) is 0.0799. The Hall–Kier alpha value is -1.95. The van der Waals surface area contributed by atoms with Gasteiger partial charge in [-0.15, -0.1) is 0 Å². The molecule has 0 aliphatic carbocycles. The van der Waals surface area contributed by atoms with Crippen molar-refractivity contribution < 1.29 is 56.9 Å². The van der Waals surface area contributed by atoms with Crippen LogP contribution in [0.25, 0.3) is 0 Å². The smallest absolute Gasteiger partial charge is 0.338 e. The van der Waals surface area contributed by atoms with E-state index in [1.54, 1.807) is 12.1 Å². The molecule has 49 heavy (non-hydrogen) atoms. The summed E-state index contributed by atoms with van der Waals surface area (Å²) in [7, 11) is 4.04. The first-order chi connectivity index (χ1) is 24.1. The lowest BCUT2D eigenvalue weighted by Crippen LogP contribution is -2.19. The van der Waals surface area contributed by atoms with E-state index in [1.807, 2.05) is 26.2 Å².